The molecule has 0 fully saturated rings. The van der Waals surface area contributed by atoms with Crippen LogP contribution in [0.3, 0.4) is 0 Å². The van der Waals surface area contributed by atoms with Crippen molar-refractivity contribution in [1.29, 1.82) is 0 Å². The highest BCUT2D eigenvalue weighted by Gasteiger charge is 1.95. The van der Waals surface area contributed by atoms with E-state index >= 15 is 0 Å². The van der Waals surface area contributed by atoms with Crippen LogP contribution in [0.1, 0.15) is 5.56 Å². The van der Waals surface area contributed by atoms with Gasteiger partial charge in [-0.15, -0.1) is 11.6 Å². The molecule has 0 aliphatic rings. The van der Waals surface area contributed by atoms with Gasteiger partial charge in [0.15, 0.2) is 0 Å². The average Bonchev–Trinajstić information content (AvgIpc) is 2.51. The van der Waals surface area contributed by atoms with Gasteiger partial charge in [-0.25, -0.2) is 0 Å². The second-order valence-corrected chi connectivity index (χ2v) is 3.22. The maximum atomic E-state index is 5.65. The number of H-pyrrole nitrogens is 1. The number of hydrogen-bond acceptors (Lipinski definition) is 0. The van der Waals surface area contributed by atoms with Crippen molar-refractivity contribution in [1.82, 2.24) is 4.98 Å². The standard InChI is InChI=1S/C10H10ClN/c11-5-3-8-1-2-10-9(7-8)4-6-12-10/h1-2,4,6-7,12H,3,5H2. The molecule has 0 saturated heterocycles. The fourth-order valence-corrected chi connectivity index (χ4v) is 1.59. The first kappa shape index (κ1) is 7.69. The Balaban J connectivity index is 2.46. The van der Waals surface area contributed by atoms with E-state index in [9.17, 15) is 0 Å². The van der Waals surface area contributed by atoms with Crippen LogP contribution in [0.25, 0.3) is 10.9 Å². The predicted octanol–water partition coefficient (Wildman–Crippen LogP) is 2.95. The van der Waals surface area contributed by atoms with Crippen LogP contribution in [0.5, 0.6) is 0 Å². The molecule has 1 aromatic carbocycles. The van der Waals surface area contributed by atoms with E-state index < -0.39 is 0 Å². The molecule has 0 spiro atoms. The third kappa shape index (κ3) is 1.32. The van der Waals surface area contributed by atoms with Gasteiger partial charge in [-0.3, -0.25) is 0 Å². The molecule has 1 heterocycles. The predicted molar refractivity (Wildman–Crippen MR) is 52.7 cm³/mol. The van der Waals surface area contributed by atoms with Crippen LogP contribution in [-0.2, 0) is 6.42 Å². The van der Waals surface area contributed by atoms with Crippen molar-refractivity contribution in [3.8, 4) is 0 Å². The largest absolute Gasteiger partial charge is 0.361 e. The second-order valence-electron chi connectivity index (χ2n) is 2.84. The zero-order chi connectivity index (χ0) is 8.39. The molecule has 2 aromatic rings. The Bertz CT molecular complexity index is 378. The molecule has 12 heavy (non-hydrogen) atoms. The van der Waals surface area contributed by atoms with E-state index in [-0.39, 0.29) is 0 Å². The summed E-state index contributed by atoms with van der Waals surface area (Å²) in [6.07, 6.45) is 2.90. The molecule has 0 atom stereocenters. The molecular weight excluding hydrogens is 170 g/mol. The van der Waals surface area contributed by atoms with Crippen molar-refractivity contribution in [3.05, 3.63) is 36.0 Å². The molecule has 1 N–H and O–H groups in total. The third-order valence-electron chi connectivity index (χ3n) is 2.00. The van der Waals surface area contributed by atoms with Crippen LogP contribution in [0.2, 0.25) is 0 Å². The molecule has 0 aliphatic carbocycles. The zero-order valence-electron chi connectivity index (χ0n) is 6.68. The number of aryl methyl sites for hydroxylation is 1. The number of benzene rings is 1. The van der Waals surface area contributed by atoms with Crippen LogP contribution >= 0.6 is 11.6 Å². The van der Waals surface area contributed by atoms with Gasteiger partial charge in [0, 0.05) is 17.6 Å². The molecule has 0 bridgehead atoms. The van der Waals surface area contributed by atoms with E-state index in [4.69, 9.17) is 11.6 Å². The number of aromatic nitrogens is 1. The zero-order valence-corrected chi connectivity index (χ0v) is 7.43. The van der Waals surface area contributed by atoms with Crippen LogP contribution < -0.4 is 0 Å². The van der Waals surface area contributed by atoms with Crippen LogP contribution in [0.15, 0.2) is 30.5 Å². The number of rotatable bonds is 2. The second kappa shape index (κ2) is 3.20. The highest BCUT2D eigenvalue weighted by Crippen LogP contribution is 2.14. The molecule has 0 radical (unpaired) electrons. The summed E-state index contributed by atoms with van der Waals surface area (Å²) >= 11 is 5.65. The van der Waals surface area contributed by atoms with Crippen molar-refractivity contribution in [3.63, 3.8) is 0 Å². The van der Waals surface area contributed by atoms with E-state index in [2.05, 4.69) is 29.2 Å². The molecule has 1 aromatic heterocycles. The molecule has 0 aliphatic heterocycles. The minimum absolute atomic E-state index is 0.690. The Kier molecular flexibility index (Phi) is 2.05. The fourth-order valence-electron chi connectivity index (χ4n) is 1.37. The van der Waals surface area contributed by atoms with Crippen LogP contribution in [0.4, 0.5) is 0 Å². The van der Waals surface area contributed by atoms with Crippen molar-refractivity contribution in [2.45, 2.75) is 6.42 Å². The molecule has 2 heteroatoms. The molecule has 2 rings (SSSR count). The molecule has 1 nitrogen and oxygen atoms in total. The molecule has 0 saturated carbocycles. The summed E-state index contributed by atoms with van der Waals surface area (Å²) in [6.45, 7) is 0. The summed E-state index contributed by atoms with van der Waals surface area (Å²) in [4.78, 5) is 3.16. The highest BCUT2D eigenvalue weighted by atomic mass is 35.5. The molecule has 0 unspecified atom stereocenters. The van der Waals surface area contributed by atoms with Gasteiger partial charge in [-0.2, -0.15) is 0 Å². The Labute approximate surface area is 76.4 Å². The van der Waals surface area contributed by atoms with Crippen molar-refractivity contribution in [2.24, 2.45) is 0 Å². The number of nitrogens with one attached hydrogen (secondary N) is 1. The lowest BCUT2D eigenvalue weighted by molar-refractivity contribution is 1.16. The lowest BCUT2D eigenvalue weighted by atomic mass is 10.1. The van der Waals surface area contributed by atoms with E-state index in [0.29, 0.717) is 5.88 Å². The Hall–Kier alpha value is -0.950. The van der Waals surface area contributed by atoms with E-state index in [1.54, 1.807) is 0 Å². The number of fused-ring (bicyclic) bond motifs is 1. The maximum absolute atomic E-state index is 5.65. The Morgan fingerprint density at radius 1 is 1.25 bits per heavy atom. The molecule has 0 amide bonds. The topological polar surface area (TPSA) is 15.8 Å². The first-order valence-electron chi connectivity index (χ1n) is 4.02. The monoisotopic (exact) mass is 179 g/mol. The highest BCUT2D eigenvalue weighted by molar-refractivity contribution is 6.18. The third-order valence-corrected chi connectivity index (χ3v) is 2.19. The smallest absolute Gasteiger partial charge is 0.0454 e. The van der Waals surface area contributed by atoms with Gasteiger partial charge in [0.1, 0.15) is 0 Å². The Morgan fingerprint density at radius 3 is 3.00 bits per heavy atom. The lowest BCUT2D eigenvalue weighted by Crippen LogP contribution is -1.84. The van der Waals surface area contributed by atoms with E-state index in [0.717, 1.165) is 6.42 Å². The summed E-state index contributed by atoms with van der Waals surface area (Å²) in [7, 11) is 0. The minimum atomic E-state index is 0.690. The fraction of sp³-hybridized carbons (Fsp3) is 0.200. The number of halogens is 1. The maximum Gasteiger partial charge on any atom is 0.0454 e. The first-order valence-corrected chi connectivity index (χ1v) is 4.55. The number of hydrogen-bond donors (Lipinski definition) is 1. The summed E-state index contributed by atoms with van der Waals surface area (Å²) in [5.74, 6) is 0.690. The van der Waals surface area contributed by atoms with E-state index in [1.807, 2.05) is 6.20 Å². The Morgan fingerprint density at radius 2 is 2.17 bits per heavy atom. The molecular formula is C10H10ClN. The summed E-state index contributed by atoms with van der Waals surface area (Å²) < 4.78 is 0. The van der Waals surface area contributed by atoms with E-state index in [1.165, 1.54) is 16.5 Å². The van der Waals surface area contributed by atoms with Gasteiger partial charge >= 0.3 is 0 Å². The van der Waals surface area contributed by atoms with Crippen LogP contribution in [0, 0.1) is 0 Å². The van der Waals surface area contributed by atoms with Gasteiger partial charge in [-0.05, 0) is 35.6 Å². The van der Waals surface area contributed by atoms with Crippen molar-refractivity contribution < 1.29 is 0 Å². The van der Waals surface area contributed by atoms with Crippen LogP contribution in [-0.4, -0.2) is 10.9 Å². The average molecular weight is 180 g/mol. The van der Waals surface area contributed by atoms with Gasteiger partial charge in [-0.1, -0.05) is 6.07 Å². The van der Waals surface area contributed by atoms with Gasteiger partial charge < -0.3 is 4.98 Å². The van der Waals surface area contributed by atoms with Crippen molar-refractivity contribution in [2.75, 3.05) is 5.88 Å². The minimum Gasteiger partial charge on any atom is -0.361 e. The SMILES string of the molecule is ClCCc1ccc2[nH]ccc2c1. The summed E-state index contributed by atoms with van der Waals surface area (Å²) in [5.41, 5.74) is 2.49. The lowest BCUT2D eigenvalue weighted by Gasteiger charge is -1.96. The first-order chi connectivity index (χ1) is 5.90. The molecule has 62 valence electrons. The quantitative estimate of drug-likeness (QED) is 0.683. The number of alkyl halides is 1. The van der Waals surface area contributed by atoms with Gasteiger partial charge in [0.05, 0.1) is 0 Å². The van der Waals surface area contributed by atoms with Gasteiger partial charge in [0.25, 0.3) is 0 Å². The van der Waals surface area contributed by atoms with Gasteiger partial charge in [0.2, 0.25) is 0 Å². The van der Waals surface area contributed by atoms with Crippen molar-refractivity contribution >= 4 is 22.5 Å². The summed E-state index contributed by atoms with van der Waals surface area (Å²) in [5, 5.41) is 1.26. The normalized spacial score (nSPS) is 10.8. The summed E-state index contributed by atoms with van der Waals surface area (Å²) in [6, 6.07) is 8.46. The number of aromatic amines is 1.